The first-order valence-electron chi connectivity index (χ1n) is 7.49. The number of non-ortho nitro benzene ring substituents is 1. The number of nitrogens with zero attached hydrogens (tertiary/aromatic N) is 2. The van der Waals surface area contributed by atoms with Gasteiger partial charge < -0.3 is 4.74 Å². The van der Waals surface area contributed by atoms with Crippen molar-refractivity contribution in [3.8, 4) is 5.75 Å². The van der Waals surface area contributed by atoms with Crippen molar-refractivity contribution in [1.29, 1.82) is 0 Å². The number of nitro benzene ring substituents is 1. The maximum absolute atomic E-state index is 14.3. The van der Waals surface area contributed by atoms with Gasteiger partial charge in [-0.15, -0.1) is 0 Å². The molecule has 9 heteroatoms. The Balaban J connectivity index is 2.15. The molecule has 0 spiro atoms. The number of rotatable bonds is 4. The van der Waals surface area contributed by atoms with E-state index in [-0.39, 0.29) is 28.6 Å². The molecule has 0 aromatic heterocycles. The largest absolute Gasteiger partial charge is 0.495 e. The molecular weight excluding hydrogens is 351 g/mol. The zero-order valence-electron chi connectivity index (χ0n) is 13.3. The van der Waals surface area contributed by atoms with Crippen LogP contribution in [0.2, 0.25) is 0 Å². The zero-order chi connectivity index (χ0) is 18.2. The fraction of sp³-hybridized carbons (Fsp3) is 0.250. The minimum atomic E-state index is -4.14. The molecule has 0 fully saturated rings. The molecule has 0 saturated carbocycles. The van der Waals surface area contributed by atoms with Crippen molar-refractivity contribution in [1.82, 2.24) is 0 Å². The number of ether oxygens (including phenoxy) is 1. The number of para-hydroxylation sites is 1. The molecule has 2 aromatic carbocycles. The van der Waals surface area contributed by atoms with Crippen LogP contribution in [-0.4, -0.2) is 27.0 Å². The van der Waals surface area contributed by atoms with E-state index in [1.54, 1.807) is 6.07 Å². The van der Waals surface area contributed by atoms with Crippen LogP contribution in [0.5, 0.6) is 5.75 Å². The monoisotopic (exact) mass is 366 g/mol. The number of benzene rings is 2. The summed E-state index contributed by atoms with van der Waals surface area (Å²) in [5.41, 5.74) is 0.339. The summed E-state index contributed by atoms with van der Waals surface area (Å²) in [5.74, 6) is -0.778. The first kappa shape index (κ1) is 17.2. The van der Waals surface area contributed by atoms with Gasteiger partial charge in [0, 0.05) is 12.6 Å². The average Bonchev–Trinajstić information content (AvgIpc) is 2.60. The van der Waals surface area contributed by atoms with Crippen LogP contribution in [0.1, 0.15) is 12.0 Å². The highest BCUT2D eigenvalue weighted by Crippen LogP contribution is 2.37. The van der Waals surface area contributed by atoms with Gasteiger partial charge in [0.15, 0.2) is 0 Å². The number of methoxy groups -OCH3 is 1. The molecule has 0 N–H and O–H groups in total. The molecule has 1 aliphatic rings. The SMILES string of the molecule is COc1cc([N+](=O)[O-])ccc1S(=O)(=O)N1CCCc2cccc(F)c21. The van der Waals surface area contributed by atoms with Gasteiger partial charge in [-0.25, -0.2) is 12.8 Å². The molecule has 0 unspecified atom stereocenters. The molecule has 7 nitrogen and oxygen atoms in total. The molecule has 1 heterocycles. The molecule has 0 amide bonds. The summed E-state index contributed by atoms with van der Waals surface area (Å²) >= 11 is 0. The third kappa shape index (κ3) is 2.91. The normalized spacial score (nSPS) is 14.1. The maximum Gasteiger partial charge on any atom is 0.273 e. The van der Waals surface area contributed by atoms with Crippen LogP contribution in [0.3, 0.4) is 0 Å². The molecule has 2 aromatic rings. The lowest BCUT2D eigenvalue weighted by molar-refractivity contribution is -0.385. The second kappa shape index (κ2) is 6.32. The highest BCUT2D eigenvalue weighted by molar-refractivity contribution is 7.93. The Morgan fingerprint density at radius 3 is 2.72 bits per heavy atom. The molecule has 0 saturated heterocycles. The van der Waals surface area contributed by atoms with Crippen LogP contribution < -0.4 is 9.04 Å². The van der Waals surface area contributed by atoms with E-state index >= 15 is 0 Å². The topological polar surface area (TPSA) is 89.7 Å². The van der Waals surface area contributed by atoms with Gasteiger partial charge in [-0.2, -0.15) is 0 Å². The van der Waals surface area contributed by atoms with Gasteiger partial charge in [0.05, 0.1) is 23.8 Å². The Kier molecular flexibility index (Phi) is 4.34. The molecule has 3 rings (SSSR count). The van der Waals surface area contributed by atoms with E-state index in [4.69, 9.17) is 4.74 Å². The van der Waals surface area contributed by atoms with Gasteiger partial charge in [-0.1, -0.05) is 12.1 Å². The number of fused-ring (bicyclic) bond motifs is 1. The molecule has 0 bridgehead atoms. The van der Waals surface area contributed by atoms with Gasteiger partial charge in [0.2, 0.25) is 0 Å². The van der Waals surface area contributed by atoms with Gasteiger partial charge in [-0.05, 0) is 30.5 Å². The number of aryl methyl sites for hydroxylation is 1. The van der Waals surface area contributed by atoms with Crippen molar-refractivity contribution in [3.63, 3.8) is 0 Å². The second-order valence-electron chi connectivity index (χ2n) is 5.52. The number of sulfonamides is 1. The highest BCUT2D eigenvalue weighted by Gasteiger charge is 2.34. The Labute approximate surface area is 143 Å². The van der Waals surface area contributed by atoms with Crippen LogP contribution in [0.25, 0.3) is 0 Å². The number of nitro groups is 1. The smallest absolute Gasteiger partial charge is 0.273 e. The van der Waals surface area contributed by atoms with E-state index in [0.29, 0.717) is 18.4 Å². The van der Waals surface area contributed by atoms with Gasteiger partial charge in [-0.3, -0.25) is 14.4 Å². The van der Waals surface area contributed by atoms with Crippen LogP contribution in [0, 0.1) is 15.9 Å². The number of hydrogen-bond donors (Lipinski definition) is 0. The molecule has 0 aliphatic carbocycles. The predicted octanol–water partition coefficient (Wildman–Crippen LogP) is 2.88. The fourth-order valence-electron chi connectivity index (χ4n) is 2.91. The summed E-state index contributed by atoms with van der Waals surface area (Å²) in [7, 11) is -2.91. The van der Waals surface area contributed by atoms with Crippen molar-refractivity contribution in [2.24, 2.45) is 0 Å². The van der Waals surface area contributed by atoms with Crippen molar-refractivity contribution < 1.29 is 22.5 Å². The van der Waals surface area contributed by atoms with E-state index < -0.39 is 20.8 Å². The maximum atomic E-state index is 14.3. The fourth-order valence-corrected chi connectivity index (χ4v) is 4.60. The lowest BCUT2D eigenvalue weighted by atomic mass is 10.0. The number of halogens is 1. The van der Waals surface area contributed by atoms with Crippen LogP contribution in [-0.2, 0) is 16.4 Å². The standard InChI is InChI=1S/C16H15FN2O5S/c1-24-14-10-12(19(20)21)7-8-15(14)25(22,23)18-9-3-5-11-4-2-6-13(17)16(11)18/h2,4,6-8,10H,3,5,9H2,1H3. The van der Waals surface area contributed by atoms with E-state index in [0.717, 1.165) is 22.5 Å². The lowest BCUT2D eigenvalue weighted by Gasteiger charge is -2.31. The summed E-state index contributed by atoms with van der Waals surface area (Å²) < 4.78 is 46.5. The molecule has 0 radical (unpaired) electrons. The summed E-state index contributed by atoms with van der Waals surface area (Å²) in [5, 5.41) is 10.9. The van der Waals surface area contributed by atoms with E-state index in [1.807, 2.05) is 0 Å². The summed E-state index contributed by atoms with van der Waals surface area (Å²) in [6, 6.07) is 7.67. The van der Waals surface area contributed by atoms with Crippen molar-refractivity contribution in [2.45, 2.75) is 17.7 Å². The van der Waals surface area contributed by atoms with Gasteiger partial charge >= 0.3 is 0 Å². The first-order valence-corrected chi connectivity index (χ1v) is 8.93. The minimum absolute atomic E-state index is 0.0224. The summed E-state index contributed by atoms with van der Waals surface area (Å²) in [6.45, 7) is 0.121. The Bertz CT molecular complexity index is 946. The molecule has 1 aliphatic heterocycles. The molecular formula is C16H15FN2O5S. The number of anilines is 1. The van der Waals surface area contributed by atoms with Crippen LogP contribution >= 0.6 is 0 Å². The molecule has 25 heavy (non-hydrogen) atoms. The molecule has 0 atom stereocenters. The summed E-state index contributed by atoms with van der Waals surface area (Å²) in [4.78, 5) is 10.00. The lowest BCUT2D eigenvalue weighted by Crippen LogP contribution is -2.36. The van der Waals surface area contributed by atoms with E-state index in [9.17, 15) is 22.9 Å². The average molecular weight is 366 g/mol. The third-order valence-electron chi connectivity index (χ3n) is 4.05. The van der Waals surface area contributed by atoms with Crippen LogP contribution in [0.15, 0.2) is 41.3 Å². The Morgan fingerprint density at radius 1 is 1.28 bits per heavy atom. The summed E-state index contributed by atoms with van der Waals surface area (Å²) in [6.07, 6.45) is 1.13. The van der Waals surface area contributed by atoms with Gasteiger partial charge in [0.25, 0.3) is 15.7 Å². The second-order valence-corrected chi connectivity index (χ2v) is 7.35. The third-order valence-corrected chi connectivity index (χ3v) is 5.89. The predicted molar refractivity (Wildman–Crippen MR) is 88.9 cm³/mol. The first-order chi connectivity index (χ1) is 11.9. The van der Waals surface area contributed by atoms with Crippen LogP contribution in [0.4, 0.5) is 15.8 Å². The van der Waals surface area contributed by atoms with Gasteiger partial charge in [0.1, 0.15) is 16.5 Å². The van der Waals surface area contributed by atoms with Crippen molar-refractivity contribution in [3.05, 3.63) is 57.9 Å². The van der Waals surface area contributed by atoms with Crippen molar-refractivity contribution in [2.75, 3.05) is 18.0 Å². The van der Waals surface area contributed by atoms with E-state index in [1.165, 1.54) is 19.2 Å². The zero-order valence-corrected chi connectivity index (χ0v) is 14.1. The quantitative estimate of drug-likeness (QED) is 0.613. The minimum Gasteiger partial charge on any atom is -0.495 e. The molecule has 132 valence electrons. The Hall–Kier alpha value is -2.68. The Morgan fingerprint density at radius 2 is 2.04 bits per heavy atom. The highest BCUT2D eigenvalue weighted by atomic mass is 32.2. The van der Waals surface area contributed by atoms with E-state index in [2.05, 4.69) is 0 Å². The van der Waals surface area contributed by atoms with Crippen molar-refractivity contribution >= 4 is 21.4 Å². The number of hydrogen-bond acceptors (Lipinski definition) is 5.